The van der Waals surface area contributed by atoms with Crippen LogP contribution in [0.4, 0.5) is 0 Å². The third-order valence-electron chi connectivity index (χ3n) is 2.76. The Morgan fingerprint density at radius 3 is 2.76 bits per heavy atom. The molecule has 0 saturated heterocycles. The Bertz CT molecular complexity index is 438. The SMILES string of the molecule is O=C(O)CC(NC(=O)c1ccoc1Br)C1CC1. The number of furan rings is 1. The highest BCUT2D eigenvalue weighted by Gasteiger charge is 2.34. The molecule has 1 fully saturated rings. The summed E-state index contributed by atoms with van der Waals surface area (Å²) in [6.07, 6.45) is 3.32. The van der Waals surface area contributed by atoms with Gasteiger partial charge in [-0.3, -0.25) is 9.59 Å². The number of carboxylic acid groups (broad SMARTS) is 1. The zero-order valence-corrected chi connectivity index (χ0v) is 10.6. The smallest absolute Gasteiger partial charge is 0.305 e. The average Bonchev–Trinajstić information content (AvgIpc) is 3.00. The Balaban J connectivity index is 2.00. The molecule has 2 N–H and O–H groups in total. The highest BCUT2D eigenvalue weighted by molar-refractivity contribution is 9.10. The lowest BCUT2D eigenvalue weighted by atomic mass is 10.1. The largest absolute Gasteiger partial charge is 0.481 e. The summed E-state index contributed by atoms with van der Waals surface area (Å²) in [5, 5.41) is 11.5. The summed E-state index contributed by atoms with van der Waals surface area (Å²) in [7, 11) is 0. The lowest BCUT2D eigenvalue weighted by Crippen LogP contribution is -2.38. The first-order chi connectivity index (χ1) is 8.08. The molecule has 1 unspecified atom stereocenters. The van der Waals surface area contributed by atoms with Crippen LogP contribution in [0.3, 0.4) is 0 Å². The van der Waals surface area contributed by atoms with Crippen molar-refractivity contribution in [3.05, 3.63) is 22.6 Å². The van der Waals surface area contributed by atoms with E-state index in [1.807, 2.05) is 0 Å². The average molecular weight is 302 g/mol. The molecular weight excluding hydrogens is 290 g/mol. The molecule has 1 heterocycles. The van der Waals surface area contributed by atoms with E-state index in [0.717, 1.165) is 12.8 Å². The number of carboxylic acids is 1. The van der Waals surface area contributed by atoms with Gasteiger partial charge in [0.25, 0.3) is 5.91 Å². The summed E-state index contributed by atoms with van der Waals surface area (Å²) in [4.78, 5) is 22.6. The summed E-state index contributed by atoms with van der Waals surface area (Å²) in [6, 6.07) is 1.26. The fourth-order valence-corrected chi connectivity index (χ4v) is 2.14. The van der Waals surface area contributed by atoms with E-state index in [9.17, 15) is 9.59 Å². The number of carbonyl (C=O) groups is 2. The Morgan fingerprint density at radius 2 is 2.29 bits per heavy atom. The van der Waals surface area contributed by atoms with Gasteiger partial charge in [0, 0.05) is 6.04 Å². The minimum Gasteiger partial charge on any atom is -0.481 e. The second-order valence-corrected chi connectivity index (χ2v) is 4.84. The number of halogens is 1. The molecule has 1 aromatic heterocycles. The number of hydrogen-bond acceptors (Lipinski definition) is 3. The van der Waals surface area contributed by atoms with Crippen LogP contribution in [0.15, 0.2) is 21.4 Å². The van der Waals surface area contributed by atoms with Crippen molar-refractivity contribution in [2.45, 2.75) is 25.3 Å². The predicted molar refractivity (Wildman–Crippen MR) is 62.6 cm³/mol. The second-order valence-electron chi connectivity index (χ2n) is 4.12. The number of amides is 1. The van der Waals surface area contributed by atoms with Crippen LogP contribution in [0.1, 0.15) is 29.6 Å². The molecule has 1 aliphatic rings. The Morgan fingerprint density at radius 1 is 1.59 bits per heavy atom. The van der Waals surface area contributed by atoms with E-state index < -0.39 is 5.97 Å². The Kier molecular flexibility index (Phi) is 3.51. The van der Waals surface area contributed by atoms with Gasteiger partial charge in [-0.1, -0.05) is 0 Å². The molecule has 0 aromatic carbocycles. The molecule has 6 heteroatoms. The first-order valence-corrected chi connectivity index (χ1v) is 6.13. The minimum atomic E-state index is -0.895. The Labute approximate surface area is 106 Å². The molecule has 1 saturated carbocycles. The van der Waals surface area contributed by atoms with Gasteiger partial charge in [-0.15, -0.1) is 0 Å². The number of carbonyl (C=O) groups excluding carboxylic acids is 1. The van der Waals surface area contributed by atoms with Crippen LogP contribution in [0, 0.1) is 5.92 Å². The van der Waals surface area contributed by atoms with Gasteiger partial charge in [0.05, 0.1) is 18.2 Å². The van der Waals surface area contributed by atoms with Gasteiger partial charge in [-0.25, -0.2) is 0 Å². The topological polar surface area (TPSA) is 79.5 Å². The van der Waals surface area contributed by atoms with E-state index in [2.05, 4.69) is 21.2 Å². The fourth-order valence-electron chi connectivity index (χ4n) is 1.72. The molecule has 0 spiro atoms. The quantitative estimate of drug-likeness (QED) is 0.872. The summed E-state index contributed by atoms with van der Waals surface area (Å²) in [5.74, 6) is -0.905. The molecule has 0 radical (unpaired) electrons. The van der Waals surface area contributed by atoms with Crippen LogP contribution >= 0.6 is 15.9 Å². The fraction of sp³-hybridized carbons (Fsp3) is 0.455. The van der Waals surface area contributed by atoms with Gasteiger partial charge in [0.15, 0.2) is 4.67 Å². The summed E-state index contributed by atoms with van der Waals surface area (Å²) in [5.41, 5.74) is 0.390. The number of hydrogen-bond donors (Lipinski definition) is 2. The lowest BCUT2D eigenvalue weighted by Gasteiger charge is -2.15. The number of rotatable bonds is 5. The van der Waals surface area contributed by atoms with Crippen molar-refractivity contribution in [1.29, 1.82) is 0 Å². The molecule has 1 aromatic rings. The molecule has 0 aliphatic heterocycles. The van der Waals surface area contributed by atoms with Crippen molar-refractivity contribution in [3.63, 3.8) is 0 Å². The number of nitrogens with one attached hydrogen (secondary N) is 1. The van der Waals surface area contributed by atoms with Crippen molar-refractivity contribution in [1.82, 2.24) is 5.32 Å². The van der Waals surface area contributed by atoms with E-state index >= 15 is 0 Å². The van der Waals surface area contributed by atoms with Crippen LogP contribution in [0.2, 0.25) is 0 Å². The second kappa shape index (κ2) is 4.91. The highest BCUT2D eigenvalue weighted by atomic mass is 79.9. The maximum Gasteiger partial charge on any atom is 0.305 e. The van der Waals surface area contributed by atoms with E-state index in [1.165, 1.54) is 6.26 Å². The van der Waals surface area contributed by atoms with Crippen molar-refractivity contribution in [2.24, 2.45) is 5.92 Å². The summed E-state index contributed by atoms with van der Waals surface area (Å²) >= 11 is 3.12. The van der Waals surface area contributed by atoms with Gasteiger partial charge in [-0.05, 0) is 40.8 Å². The predicted octanol–water partition coefficient (Wildman–Crippen LogP) is 2.03. The van der Waals surface area contributed by atoms with Gasteiger partial charge in [0.1, 0.15) is 0 Å². The lowest BCUT2D eigenvalue weighted by molar-refractivity contribution is -0.137. The van der Waals surface area contributed by atoms with Gasteiger partial charge < -0.3 is 14.8 Å². The van der Waals surface area contributed by atoms with Crippen molar-refractivity contribution in [3.8, 4) is 0 Å². The van der Waals surface area contributed by atoms with Crippen LogP contribution in [0.5, 0.6) is 0 Å². The van der Waals surface area contributed by atoms with Crippen molar-refractivity contribution < 1.29 is 19.1 Å². The van der Waals surface area contributed by atoms with Crippen molar-refractivity contribution >= 4 is 27.8 Å². The van der Waals surface area contributed by atoms with E-state index in [1.54, 1.807) is 6.07 Å². The normalized spacial score (nSPS) is 16.5. The molecule has 17 heavy (non-hydrogen) atoms. The molecular formula is C11H12BrNO4. The zero-order chi connectivity index (χ0) is 12.4. The van der Waals surface area contributed by atoms with Crippen LogP contribution in [0.25, 0.3) is 0 Å². The van der Waals surface area contributed by atoms with E-state index in [-0.39, 0.29) is 18.4 Å². The van der Waals surface area contributed by atoms with Gasteiger partial charge in [-0.2, -0.15) is 0 Å². The molecule has 1 amide bonds. The molecule has 2 rings (SSSR count). The minimum absolute atomic E-state index is 0.0358. The molecule has 1 atom stereocenters. The maximum absolute atomic E-state index is 11.9. The van der Waals surface area contributed by atoms with Crippen molar-refractivity contribution in [2.75, 3.05) is 0 Å². The van der Waals surface area contributed by atoms with E-state index in [0.29, 0.717) is 16.2 Å². The summed E-state index contributed by atoms with van der Waals surface area (Å²) < 4.78 is 5.32. The molecule has 1 aliphatic carbocycles. The monoisotopic (exact) mass is 301 g/mol. The van der Waals surface area contributed by atoms with Gasteiger partial charge >= 0.3 is 5.97 Å². The molecule has 5 nitrogen and oxygen atoms in total. The van der Waals surface area contributed by atoms with E-state index in [4.69, 9.17) is 9.52 Å². The van der Waals surface area contributed by atoms with Crippen LogP contribution < -0.4 is 5.32 Å². The van der Waals surface area contributed by atoms with Crippen LogP contribution in [-0.4, -0.2) is 23.0 Å². The molecule has 92 valence electrons. The molecule has 0 bridgehead atoms. The maximum atomic E-state index is 11.9. The third-order valence-corrected chi connectivity index (χ3v) is 3.38. The summed E-state index contributed by atoms with van der Waals surface area (Å²) in [6.45, 7) is 0. The van der Waals surface area contributed by atoms with Gasteiger partial charge in [0.2, 0.25) is 0 Å². The zero-order valence-electron chi connectivity index (χ0n) is 8.98. The highest BCUT2D eigenvalue weighted by Crippen LogP contribution is 2.34. The Hall–Kier alpha value is -1.30. The first kappa shape index (κ1) is 12.2. The standard InChI is InChI=1S/C11H12BrNO4/c12-10-7(3-4-17-10)11(16)13-8(5-9(14)15)6-1-2-6/h3-4,6,8H,1-2,5H2,(H,13,16)(H,14,15). The first-order valence-electron chi connectivity index (χ1n) is 5.33. The third kappa shape index (κ3) is 3.09. The van der Waals surface area contributed by atoms with Crippen LogP contribution in [-0.2, 0) is 4.79 Å². The number of aliphatic carboxylic acids is 1.